The summed E-state index contributed by atoms with van der Waals surface area (Å²) < 4.78 is 6.30. The van der Waals surface area contributed by atoms with Crippen molar-refractivity contribution in [1.82, 2.24) is 9.88 Å². The van der Waals surface area contributed by atoms with Gasteiger partial charge in [0, 0.05) is 24.0 Å². The molecule has 0 bridgehead atoms. The summed E-state index contributed by atoms with van der Waals surface area (Å²) >= 11 is 3.12. The van der Waals surface area contributed by atoms with Crippen LogP contribution in [0.15, 0.2) is 70.4 Å². The Kier molecular flexibility index (Phi) is 5.87. The van der Waals surface area contributed by atoms with Crippen LogP contribution in [0.25, 0.3) is 11.3 Å². The SMILES string of the molecule is O=C([C@@H](Sc1nc(-c2ccccc2)cs1)c1ccccc1)N1CCOCC1. The molecular weight excluding hydrogens is 376 g/mol. The van der Waals surface area contributed by atoms with E-state index in [-0.39, 0.29) is 11.2 Å². The molecule has 3 aromatic rings. The molecule has 1 aromatic heterocycles. The number of morpholine rings is 1. The molecule has 4 rings (SSSR count). The van der Waals surface area contributed by atoms with Crippen molar-refractivity contribution >= 4 is 29.0 Å². The number of thiazole rings is 1. The molecular formula is C21H20N2O2S2. The van der Waals surface area contributed by atoms with Crippen molar-refractivity contribution < 1.29 is 9.53 Å². The van der Waals surface area contributed by atoms with E-state index in [1.165, 1.54) is 11.8 Å². The first-order chi connectivity index (χ1) is 13.3. The Morgan fingerprint density at radius 3 is 2.41 bits per heavy atom. The molecule has 1 aliphatic heterocycles. The molecule has 2 heterocycles. The number of amides is 1. The maximum atomic E-state index is 13.2. The lowest BCUT2D eigenvalue weighted by atomic mass is 10.1. The Morgan fingerprint density at radius 2 is 1.70 bits per heavy atom. The molecule has 0 spiro atoms. The Bertz CT molecular complexity index is 877. The molecule has 0 saturated carbocycles. The smallest absolute Gasteiger partial charge is 0.240 e. The van der Waals surface area contributed by atoms with Crippen LogP contribution in [0.5, 0.6) is 0 Å². The van der Waals surface area contributed by atoms with Crippen LogP contribution in [0.4, 0.5) is 0 Å². The fourth-order valence-corrected chi connectivity index (χ4v) is 5.10. The quantitative estimate of drug-likeness (QED) is 0.596. The number of nitrogens with zero attached hydrogens (tertiary/aromatic N) is 2. The lowest BCUT2D eigenvalue weighted by Crippen LogP contribution is -2.42. The number of hydrogen-bond donors (Lipinski definition) is 0. The van der Waals surface area contributed by atoms with Crippen molar-refractivity contribution in [3.05, 3.63) is 71.6 Å². The van der Waals surface area contributed by atoms with Crippen LogP contribution >= 0.6 is 23.1 Å². The Labute approximate surface area is 167 Å². The van der Waals surface area contributed by atoms with E-state index in [1.807, 2.05) is 53.4 Å². The van der Waals surface area contributed by atoms with Gasteiger partial charge in [-0.15, -0.1) is 11.3 Å². The molecule has 2 aromatic carbocycles. The van der Waals surface area contributed by atoms with Crippen molar-refractivity contribution in [1.29, 1.82) is 0 Å². The van der Waals surface area contributed by atoms with Gasteiger partial charge in [0.15, 0.2) is 4.34 Å². The average Bonchev–Trinajstić information content (AvgIpc) is 3.22. The number of ether oxygens (including phenoxy) is 1. The average molecular weight is 397 g/mol. The zero-order valence-electron chi connectivity index (χ0n) is 14.8. The van der Waals surface area contributed by atoms with Crippen LogP contribution in [0.3, 0.4) is 0 Å². The normalized spacial score (nSPS) is 15.5. The Balaban J connectivity index is 1.58. The molecule has 0 N–H and O–H groups in total. The van der Waals surface area contributed by atoms with E-state index in [9.17, 15) is 4.79 Å². The van der Waals surface area contributed by atoms with E-state index in [0.717, 1.165) is 21.2 Å². The molecule has 0 aliphatic carbocycles. The zero-order chi connectivity index (χ0) is 18.5. The minimum atomic E-state index is -0.293. The first-order valence-corrected chi connectivity index (χ1v) is 10.7. The molecule has 1 amide bonds. The van der Waals surface area contributed by atoms with E-state index < -0.39 is 0 Å². The maximum Gasteiger partial charge on any atom is 0.240 e. The van der Waals surface area contributed by atoms with Gasteiger partial charge >= 0.3 is 0 Å². The van der Waals surface area contributed by atoms with E-state index in [1.54, 1.807) is 11.3 Å². The van der Waals surface area contributed by atoms with Crippen LogP contribution in [0.1, 0.15) is 10.8 Å². The first kappa shape index (κ1) is 18.2. The zero-order valence-corrected chi connectivity index (χ0v) is 16.4. The van der Waals surface area contributed by atoms with E-state index in [0.29, 0.717) is 26.3 Å². The van der Waals surface area contributed by atoms with Crippen molar-refractivity contribution in [3.63, 3.8) is 0 Å². The maximum absolute atomic E-state index is 13.2. The van der Waals surface area contributed by atoms with Gasteiger partial charge in [-0.2, -0.15) is 0 Å². The predicted molar refractivity (Wildman–Crippen MR) is 110 cm³/mol. The van der Waals surface area contributed by atoms with Crippen LogP contribution < -0.4 is 0 Å². The largest absolute Gasteiger partial charge is 0.378 e. The summed E-state index contributed by atoms with van der Waals surface area (Å²) in [7, 11) is 0. The summed E-state index contributed by atoms with van der Waals surface area (Å²) in [5.41, 5.74) is 3.06. The van der Waals surface area contributed by atoms with Crippen LogP contribution in [-0.4, -0.2) is 42.1 Å². The molecule has 0 unspecified atom stereocenters. The van der Waals surface area contributed by atoms with Gasteiger partial charge in [0.25, 0.3) is 0 Å². The third kappa shape index (κ3) is 4.40. The third-order valence-corrected chi connectivity index (χ3v) is 6.63. The minimum absolute atomic E-state index is 0.131. The van der Waals surface area contributed by atoms with Gasteiger partial charge in [0.1, 0.15) is 5.25 Å². The second kappa shape index (κ2) is 8.69. The number of rotatable bonds is 5. The molecule has 1 atom stereocenters. The standard InChI is InChI=1S/C21H20N2O2S2/c24-20(23-11-13-25-14-12-23)19(17-9-5-2-6-10-17)27-21-22-18(15-26-21)16-7-3-1-4-8-16/h1-10,15,19H,11-14H2/t19-/m0/s1. The monoisotopic (exact) mass is 396 g/mol. The van der Waals surface area contributed by atoms with Crippen molar-refractivity contribution in [3.8, 4) is 11.3 Å². The summed E-state index contributed by atoms with van der Waals surface area (Å²) in [6.07, 6.45) is 0. The van der Waals surface area contributed by atoms with Crippen LogP contribution in [-0.2, 0) is 9.53 Å². The van der Waals surface area contributed by atoms with Crippen molar-refractivity contribution in [2.45, 2.75) is 9.59 Å². The predicted octanol–water partition coefficient (Wildman–Crippen LogP) is 4.50. The molecule has 27 heavy (non-hydrogen) atoms. The molecule has 6 heteroatoms. The number of benzene rings is 2. The van der Waals surface area contributed by atoms with Gasteiger partial charge < -0.3 is 9.64 Å². The van der Waals surface area contributed by atoms with Gasteiger partial charge in [-0.25, -0.2) is 4.98 Å². The molecule has 1 fully saturated rings. The van der Waals surface area contributed by atoms with Gasteiger partial charge in [-0.1, -0.05) is 72.4 Å². The number of carbonyl (C=O) groups excluding carboxylic acids is 1. The molecule has 138 valence electrons. The number of thioether (sulfide) groups is 1. The fourth-order valence-electron chi connectivity index (χ4n) is 2.99. The summed E-state index contributed by atoms with van der Waals surface area (Å²) in [4.78, 5) is 19.9. The summed E-state index contributed by atoms with van der Waals surface area (Å²) in [5.74, 6) is 0.131. The molecule has 1 saturated heterocycles. The molecule has 4 nitrogen and oxygen atoms in total. The molecule has 1 aliphatic rings. The highest BCUT2D eigenvalue weighted by molar-refractivity contribution is 8.01. The fraction of sp³-hybridized carbons (Fsp3) is 0.238. The Hall–Kier alpha value is -2.15. The lowest BCUT2D eigenvalue weighted by molar-refractivity contribution is -0.134. The highest BCUT2D eigenvalue weighted by Crippen LogP contribution is 2.39. The highest BCUT2D eigenvalue weighted by Gasteiger charge is 2.29. The van der Waals surface area contributed by atoms with Crippen molar-refractivity contribution in [2.75, 3.05) is 26.3 Å². The second-order valence-electron chi connectivity index (χ2n) is 6.21. The van der Waals surface area contributed by atoms with E-state index in [2.05, 4.69) is 17.5 Å². The summed E-state index contributed by atoms with van der Waals surface area (Å²) in [6.45, 7) is 2.51. The third-order valence-electron chi connectivity index (χ3n) is 4.42. The van der Waals surface area contributed by atoms with Gasteiger partial charge in [-0.05, 0) is 5.56 Å². The molecule has 0 radical (unpaired) electrons. The van der Waals surface area contributed by atoms with Crippen molar-refractivity contribution in [2.24, 2.45) is 0 Å². The summed E-state index contributed by atoms with van der Waals surface area (Å²) in [5, 5.41) is 1.76. The topological polar surface area (TPSA) is 42.4 Å². The summed E-state index contributed by atoms with van der Waals surface area (Å²) in [6, 6.07) is 20.1. The Morgan fingerprint density at radius 1 is 1.04 bits per heavy atom. The van der Waals surface area contributed by atoms with E-state index in [4.69, 9.17) is 9.72 Å². The van der Waals surface area contributed by atoms with Crippen LogP contribution in [0.2, 0.25) is 0 Å². The van der Waals surface area contributed by atoms with E-state index >= 15 is 0 Å². The minimum Gasteiger partial charge on any atom is -0.378 e. The number of aromatic nitrogens is 1. The first-order valence-electron chi connectivity index (χ1n) is 8.90. The van der Waals surface area contributed by atoms with Gasteiger partial charge in [0.2, 0.25) is 5.91 Å². The van der Waals surface area contributed by atoms with Gasteiger partial charge in [0.05, 0.1) is 18.9 Å². The van der Waals surface area contributed by atoms with Crippen LogP contribution in [0, 0.1) is 0 Å². The highest BCUT2D eigenvalue weighted by atomic mass is 32.2. The number of carbonyl (C=O) groups is 1. The number of hydrogen-bond acceptors (Lipinski definition) is 5. The second-order valence-corrected chi connectivity index (χ2v) is 8.42. The lowest BCUT2D eigenvalue weighted by Gasteiger charge is -2.30. The van der Waals surface area contributed by atoms with Gasteiger partial charge in [-0.3, -0.25) is 4.79 Å².